The highest BCUT2D eigenvalue weighted by atomic mass is 35.5. The molecular weight excluding hydrogens is 519 g/mol. The Labute approximate surface area is 227 Å². The van der Waals surface area contributed by atoms with E-state index in [1.807, 2.05) is 30.3 Å². The summed E-state index contributed by atoms with van der Waals surface area (Å²) in [5, 5.41) is 4.28. The van der Waals surface area contributed by atoms with Crippen molar-refractivity contribution in [2.45, 2.75) is 38.8 Å². The van der Waals surface area contributed by atoms with E-state index >= 15 is 0 Å². The second-order valence-corrected chi connectivity index (χ2v) is 9.58. The molecule has 8 heteroatoms. The topological polar surface area (TPSA) is 58.6 Å². The zero-order chi connectivity index (χ0) is 25.9. The fraction of sp³-hybridized carbons (Fsp3) is 0.286. The van der Waals surface area contributed by atoms with Crippen LogP contribution in [0.1, 0.15) is 30.9 Å². The Hall–Kier alpha value is -2.73. The number of hydrogen-bond acceptors (Lipinski definition) is 3. The molecule has 0 unspecified atom stereocenters. The van der Waals surface area contributed by atoms with Crippen LogP contribution in [0.3, 0.4) is 0 Å². The molecule has 36 heavy (non-hydrogen) atoms. The van der Waals surface area contributed by atoms with Crippen LogP contribution in [0.15, 0.2) is 72.8 Å². The molecular formula is C28H29Cl3N2O3. The van der Waals surface area contributed by atoms with Crippen molar-refractivity contribution in [2.24, 2.45) is 0 Å². The van der Waals surface area contributed by atoms with Crippen molar-refractivity contribution in [3.63, 3.8) is 0 Å². The molecule has 0 aliphatic carbocycles. The van der Waals surface area contributed by atoms with Crippen molar-refractivity contribution in [3.05, 3.63) is 99.0 Å². The average molecular weight is 548 g/mol. The Morgan fingerprint density at radius 1 is 0.944 bits per heavy atom. The summed E-state index contributed by atoms with van der Waals surface area (Å²) in [6.45, 7) is 2.40. The smallest absolute Gasteiger partial charge is 0.261 e. The number of para-hydroxylation sites is 1. The van der Waals surface area contributed by atoms with Crippen LogP contribution >= 0.6 is 34.8 Å². The number of hydrogen-bond donors (Lipinski definition) is 1. The number of unbranched alkanes of at least 4 members (excludes halogenated alkanes) is 1. The first kappa shape index (κ1) is 27.9. The van der Waals surface area contributed by atoms with E-state index in [0.717, 1.165) is 18.4 Å². The minimum Gasteiger partial charge on any atom is -0.482 e. The van der Waals surface area contributed by atoms with Gasteiger partial charge in [0.15, 0.2) is 6.61 Å². The second kappa shape index (κ2) is 14.1. The van der Waals surface area contributed by atoms with Gasteiger partial charge in [0.05, 0.1) is 5.02 Å². The zero-order valence-corrected chi connectivity index (χ0v) is 22.3. The van der Waals surface area contributed by atoms with E-state index in [-0.39, 0.29) is 25.0 Å². The summed E-state index contributed by atoms with van der Waals surface area (Å²) in [5.74, 6) is -0.208. The summed E-state index contributed by atoms with van der Waals surface area (Å²) in [5.41, 5.74) is 1.60. The number of rotatable bonds is 12. The lowest BCUT2D eigenvalue weighted by molar-refractivity contribution is -0.142. The van der Waals surface area contributed by atoms with Gasteiger partial charge in [0.2, 0.25) is 5.91 Å². The Morgan fingerprint density at radius 3 is 2.36 bits per heavy atom. The van der Waals surface area contributed by atoms with Gasteiger partial charge in [0, 0.05) is 29.6 Å². The molecule has 1 N–H and O–H groups in total. The van der Waals surface area contributed by atoms with Gasteiger partial charge in [0.1, 0.15) is 11.8 Å². The third kappa shape index (κ3) is 8.16. The number of carbonyl (C=O) groups is 2. The van der Waals surface area contributed by atoms with E-state index in [1.54, 1.807) is 42.5 Å². The second-order valence-electron chi connectivity index (χ2n) is 8.33. The number of nitrogens with one attached hydrogen (secondary N) is 1. The Balaban J connectivity index is 1.92. The first-order chi connectivity index (χ1) is 17.4. The van der Waals surface area contributed by atoms with Crippen LogP contribution in [0.25, 0.3) is 0 Å². The Kier molecular flexibility index (Phi) is 10.9. The molecule has 190 valence electrons. The molecule has 1 atom stereocenters. The number of benzene rings is 3. The van der Waals surface area contributed by atoms with Gasteiger partial charge in [-0.2, -0.15) is 0 Å². The number of nitrogens with zero attached hydrogens (tertiary/aromatic N) is 1. The van der Waals surface area contributed by atoms with Crippen molar-refractivity contribution < 1.29 is 14.3 Å². The van der Waals surface area contributed by atoms with Crippen LogP contribution in [0, 0.1) is 0 Å². The fourth-order valence-corrected chi connectivity index (χ4v) is 4.34. The molecule has 0 aliphatic rings. The molecule has 0 bridgehead atoms. The molecule has 2 amide bonds. The monoisotopic (exact) mass is 546 g/mol. The van der Waals surface area contributed by atoms with E-state index in [9.17, 15) is 9.59 Å². The minimum absolute atomic E-state index is 0.111. The van der Waals surface area contributed by atoms with Crippen molar-refractivity contribution in [2.75, 3.05) is 13.2 Å². The van der Waals surface area contributed by atoms with Crippen LogP contribution in [-0.4, -0.2) is 35.9 Å². The predicted molar refractivity (Wildman–Crippen MR) is 146 cm³/mol. The number of halogens is 3. The molecule has 0 aliphatic heterocycles. The summed E-state index contributed by atoms with van der Waals surface area (Å²) < 4.78 is 5.74. The summed E-state index contributed by atoms with van der Waals surface area (Å²) in [4.78, 5) is 28.5. The van der Waals surface area contributed by atoms with Gasteiger partial charge in [-0.15, -0.1) is 0 Å². The molecule has 0 saturated heterocycles. The van der Waals surface area contributed by atoms with E-state index in [4.69, 9.17) is 39.5 Å². The third-order valence-electron chi connectivity index (χ3n) is 5.64. The van der Waals surface area contributed by atoms with Gasteiger partial charge in [-0.1, -0.05) is 96.7 Å². The maximum Gasteiger partial charge on any atom is 0.261 e. The highest BCUT2D eigenvalue weighted by molar-refractivity contribution is 6.35. The van der Waals surface area contributed by atoms with Gasteiger partial charge in [-0.25, -0.2) is 0 Å². The van der Waals surface area contributed by atoms with Gasteiger partial charge >= 0.3 is 0 Å². The lowest BCUT2D eigenvalue weighted by atomic mass is 10.0. The van der Waals surface area contributed by atoms with Crippen molar-refractivity contribution in [3.8, 4) is 5.75 Å². The first-order valence-corrected chi connectivity index (χ1v) is 12.9. The molecule has 0 spiro atoms. The third-order valence-corrected chi connectivity index (χ3v) is 6.54. The Morgan fingerprint density at radius 2 is 1.67 bits per heavy atom. The maximum absolute atomic E-state index is 13.6. The lowest BCUT2D eigenvalue weighted by Gasteiger charge is -2.31. The van der Waals surface area contributed by atoms with Crippen LogP contribution in [-0.2, 0) is 22.6 Å². The predicted octanol–water partition coefficient (Wildman–Crippen LogP) is 6.58. The summed E-state index contributed by atoms with van der Waals surface area (Å²) >= 11 is 18.7. The number of carbonyl (C=O) groups excluding carboxylic acids is 2. The standard InChI is InChI=1S/C28H29Cl3N2O3/c1-2-3-15-32-28(35)25(16-20-9-5-4-6-10-20)33(18-21-13-14-22(29)17-24(21)31)27(34)19-36-26-12-8-7-11-23(26)30/h4-14,17,25H,2-3,15-16,18-19H2,1H3,(H,32,35)/t25-/m0/s1. The molecule has 0 saturated carbocycles. The van der Waals surface area contributed by atoms with Crippen molar-refractivity contribution in [1.82, 2.24) is 10.2 Å². The molecule has 0 heterocycles. The lowest BCUT2D eigenvalue weighted by Crippen LogP contribution is -2.51. The summed E-state index contributed by atoms with van der Waals surface area (Å²) in [6.07, 6.45) is 2.12. The van der Waals surface area contributed by atoms with E-state index < -0.39 is 6.04 Å². The largest absolute Gasteiger partial charge is 0.482 e. The quantitative estimate of drug-likeness (QED) is 0.261. The van der Waals surface area contributed by atoms with Gasteiger partial charge < -0.3 is 15.0 Å². The fourth-order valence-electron chi connectivity index (χ4n) is 3.68. The highest BCUT2D eigenvalue weighted by Gasteiger charge is 2.31. The van der Waals surface area contributed by atoms with Crippen LogP contribution in [0.2, 0.25) is 15.1 Å². The van der Waals surface area contributed by atoms with E-state index in [2.05, 4.69) is 12.2 Å². The molecule has 3 aromatic carbocycles. The normalized spacial score (nSPS) is 11.6. The molecule has 0 radical (unpaired) electrons. The number of amides is 2. The maximum atomic E-state index is 13.6. The molecule has 0 fully saturated rings. The molecule has 3 rings (SSSR count). The van der Waals surface area contributed by atoms with Crippen molar-refractivity contribution >= 4 is 46.6 Å². The van der Waals surface area contributed by atoms with Gasteiger partial charge in [-0.05, 0) is 41.8 Å². The molecule has 0 aromatic heterocycles. The Bertz CT molecular complexity index is 1160. The van der Waals surface area contributed by atoms with E-state index in [0.29, 0.717) is 39.3 Å². The first-order valence-electron chi connectivity index (χ1n) is 11.8. The molecule has 5 nitrogen and oxygen atoms in total. The van der Waals surface area contributed by atoms with Gasteiger partial charge in [0.25, 0.3) is 5.91 Å². The van der Waals surface area contributed by atoms with Crippen LogP contribution < -0.4 is 10.1 Å². The van der Waals surface area contributed by atoms with Crippen LogP contribution in [0.5, 0.6) is 5.75 Å². The highest BCUT2D eigenvalue weighted by Crippen LogP contribution is 2.26. The number of ether oxygens (including phenoxy) is 1. The summed E-state index contributed by atoms with van der Waals surface area (Å²) in [6, 6.07) is 20.8. The zero-order valence-electron chi connectivity index (χ0n) is 20.1. The minimum atomic E-state index is -0.779. The SMILES string of the molecule is CCCCNC(=O)[C@H](Cc1ccccc1)N(Cc1ccc(Cl)cc1Cl)C(=O)COc1ccccc1Cl. The van der Waals surface area contributed by atoms with E-state index in [1.165, 1.54) is 4.90 Å². The average Bonchev–Trinajstić information content (AvgIpc) is 2.87. The van der Waals surface area contributed by atoms with Crippen LogP contribution in [0.4, 0.5) is 0 Å². The molecule has 3 aromatic rings. The van der Waals surface area contributed by atoms with Crippen molar-refractivity contribution in [1.29, 1.82) is 0 Å². The van der Waals surface area contributed by atoms with Gasteiger partial charge in [-0.3, -0.25) is 9.59 Å². The summed E-state index contributed by atoms with van der Waals surface area (Å²) in [7, 11) is 0.